The van der Waals surface area contributed by atoms with Gasteiger partial charge in [0.1, 0.15) is 0 Å². The van der Waals surface area contributed by atoms with Crippen LogP contribution in [-0.4, -0.2) is 27.2 Å². The van der Waals surface area contributed by atoms with Crippen molar-refractivity contribution in [3.05, 3.63) is 72.2 Å². The molecule has 0 aliphatic carbocycles. The molecule has 24 heavy (non-hydrogen) atoms. The van der Waals surface area contributed by atoms with Crippen LogP contribution in [0.15, 0.2) is 61.1 Å². The van der Waals surface area contributed by atoms with Gasteiger partial charge >= 0.3 is 0 Å². The van der Waals surface area contributed by atoms with E-state index >= 15 is 0 Å². The lowest BCUT2D eigenvalue weighted by Gasteiger charge is -2.05. The monoisotopic (exact) mass is 317 g/mol. The first kappa shape index (κ1) is 15.4. The highest BCUT2D eigenvalue weighted by atomic mass is 16.1. The Labute approximate surface area is 139 Å². The van der Waals surface area contributed by atoms with E-state index in [2.05, 4.69) is 15.4 Å². The maximum absolute atomic E-state index is 12.0. The van der Waals surface area contributed by atoms with Crippen molar-refractivity contribution in [3.8, 4) is 17.3 Å². The molecule has 3 aromatic rings. The lowest BCUT2D eigenvalue weighted by molar-refractivity contribution is 0.0952. The summed E-state index contributed by atoms with van der Waals surface area (Å²) in [6, 6.07) is 14.3. The molecule has 1 amide bonds. The summed E-state index contributed by atoms with van der Waals surface area (Å²) in [4.78, 5) is 16.0. The van der Waals surface area contributed by atoms with Crippen LogP contribution in [0.2, 0.25) is 0 Å². The van der Waals surface area contributed by atoms with E-state index in [4.69, 9.17) is 5.26 Å². The van der Waals surface area contributed by atoms with Gasteiger partial charge in [-0.25, -0.2) is 0 Å². The van der Waals surface area contributed by atoms with E-state index in [1.54, 1.807) is 41.3 Å². The number of nitrogens with zero attached hydrogens (tertiary/aromatic N) is 4. The number of benzene rings is 1. The smallest absolute Gasteiger partial charge is 0.251 e. The summed E-state index contributed by atoms with van der Waals surface area (Å²) in [5.74, 6) is -0.166. The highest BCUT2D eigenvalue weighted by Gasteiger charge is 2.06. The van der Waals surface area contributed by atoms with Crippen molar-refractivity contribution in [3.63, 3.8) is 0 Å². The number of nitrogens with one attached hydrogen (secondary N) is 1. The fourth-order valence-corrected chi connectivity index (χ4v) is 2.25. The summed E-state index contributed by atoms with van der Waals surface area (Å²) < 4.78 is 1.79. The highest BCUT2D eigenvalue weighted by molar-refractivity contribution is 5.94. The van der Waals surface area contributed by atoms with E-state index in [9.17, 15) is 4.79 Å². The number of hydrogen-bond donors (Lipinski definition) is 1. The third-order valence-corrected chi connectivity index (χ3v) is 3.52. The Bertz CT molecular complexity index is 862. The SMILES string of the molecule is N#Cc1ccc(C(=O)NCCn2ccc(-c3ccncc3)n2)cc1. The van der Waals surface area contributed by atoms with Gasteiger partial charge < -0.3 is 5.32 Å². The number of hydrogen-bond acceptors (Lipinski definition) is 4. The van der Waals surface area contributed by atoms with E-state index in [0.717, 1.165) is 11.3 Å². The zero-order valence-electron chi connectivity index (χ0n) is 12.9. The second-order valence-corrected chi connectivity index (χ2v) is 5.14. The van der Waals surface area contributed by atoms with Crippen molar-refractivity contribution in [2.24, 2.45) is 0 Å². The van der Waals surface area contributed by atoms with Crippen LogP contribution in [0.4, 0.5) is 0 Å². The number of pyridine rings is 1. The molecule has 0 bridgehead atoms. The minimum absolute atomic E-state index is 0.166. The maximum atomic E-state index is 12.0. The molecule has 0 radical (unpaired) electrons. The van der Waals surface area contributed by atoms with Gasteiger partial charge in [0, 0.05) is 36.3 Å². The summed E-state index contributed by atoms with van der Waals surface area (Å²) in [6.45, 7) is 1.05. The van der Waals surface area contributed by atoms with Crippen LogP contribution < -0.4 is 5.32 Å². The number of carbonyl (C=O) groups is 1. The van der Waals surface area contributed by atoms with Crippen molar-refractivity contribution in [1.29, 1.82) is 5.26 Å². The van der Waals surface area contributed by atoms with Gasteiger partial charge in [0.05, 0.1) is 23.9 Å². The summed E-state index contributed by atoms with van der Waals surface area (Å²) in [6.07, 6.45) is 5.34. The standard InChI is InChI=1S/C18H15N5O/c19-13-14-1-3-16(4-2-14)18(24)21-10-12-23-11-7-17(22-23)15-5-8-20-9-6-15/h1-9,11H,10,12H2,(H,21,24). The molecule has 6 nitrogen and oxygen atoms in total. The first-order valence-corrected chi connectivity index (χ1v) is 7.48. The summed E-state index contributed by atoms with van der Waals surface area (Å²) >= 11 is 0. The van der Waals surface area contributed by atoms with E-state index in [1.807, 2.05) is 30.5 Å². The number of nitriles is 1. The highest BCUT2D eigenvalue weighted by Crippen LogP contribution is 2.14. The molecule has 1 aromatic carbocycles. The molecule has 3 rings (SSSR count). The molecule has 118 valence electrons. The van der Waals surface area contributed by atoms with Gasteiger partial charge in [0.2, 0.25) is 0 Å². The Morgan fingerprint density at radius 2 is 1.88 bits per heavy atom. The van der Waals surface area contributed by atoms with Gasteiger partial charge in [-0.15, -0.1) is 0 Å². The summed E-state index contributed by atoms with van der Waals surface area (Å²) in [7, 11) is 0. The van der Waals surface area contributed by atoms with E-state index in [-0.39, 0.29) is 5.91 Å². The molecule has 0 aliphatic rings. The minimum atomic E-state index is -0.166. The molecule has 0 saturated heterocycles. The van der Waals surface area contributed by atoms with Crippen molar-refractivity contribution in [2.75, 3.05) is 6.54 Å². The molecular weight excluding hydrogens is 302 g/mol. The van der Waals surface area contributed by atoms with Crippen LogP contribution in [-0.2, 0) is 6.54 Å². The molecule has 2 heterocycles. The first-order valence-electron chi connectivity index (χ1n) is 7.48. The van der Waals surface area contributed by atoms with Gasteiger partial charge in [-0.1, -0.05) is 0 Å². The van der Waals surface area contributed by atoms with Gasteiger partial charge in [0.25, 0.3) is 5.91 Å². The van der Waals surface area contributed by atoms with Crippen molar-refractivity contribution < 1.29 is 4.79 Å². The van der Waals surface area contributed by atoms with Gasteiger partial charge in [-0.2, -0.15) is 10.4 Å². The predicted octanol–water partition coefficient (Wildman–Crippen LogP) is 2.25. The lowest BCUT2D eigenvalue weighted by Crippen LogP contribution is -2.27. The fraction of sp³-hybridized carbons (Fsp3) is 0.111. The van der Waals surface area contributed by atoms with Gasteiger partial charge in [0.15, 0.2) is 0 Å². The number of amides is 1. The van der Waals surface area contributed by atoms with E-state index < -0.39 is 0 Å². The zero-order valence-corrected chi connectivity index (χ0v) is 12.9. The molecule has 0 aliphatic heterocycles. The third kappa shape index (κ3) is 3.65. The minimum Gasteiger partial charge on any atom is -0.350 e. The summed E-state index contributed by atoms with van der Waals surface area (Å²) in [5, 5.41) is 16.1. The normalized spacial score (nSPS) is 10.1. The zero-order chi connectivity index (χ0) is 16.8. The molecular formula is C18H15N5O. The molecule has 0 saturated carbocycles. The average Bonchev–Trinajstić information content (AvgIpc) is 3.11. The van der Waals surface area contributed by atoms with Crippen LogP contribution in [0.5, 0.6) is 0 Å². The Morgan fingerprint density at radius 3 is 2.58 bits per heavy atom. The van der Waals surface area contributed by atoms with Crippen LogP contribution in [0.1, 0.15) is 15.9 Å². The quantitative estimate of drug-likeness (QED) is 0.782. The van der Waals surface area contributed by atoms with Crippen LogP contribution in [0.3, 0.4) is 0 Å². The molecule has 0 spiro atoms. The number of aromatic nitrogens is 3. The molecule has 1 N–H and O–H groups in total. The first-order chi connectivity index (χ1) is 11.8. The van der Waals surface area contributed by atoms with Gasteiger partial charge in [-0.05, 0) is 42.5 Å². The Morgan fingerprint density at radius 1 is 1.12 bits per heavy atom. The lowest BCUT2D eigenvalue weighted by atomic mass is 10.1. The number of rotatable bonds is 5. The Kier molecular flexibility index (Phi) is 4.63. The average molecular weight is 317 g/mol. The van der Waals surface area contributed by atoms with E-state index in [0.29, 0.717) is 24.2 Å². The third-order valence-electron chi connectivity index (χ3n) is 3.52. The molecule has 0 fully saturated rings. The molecule has 2 aromatic heterocycles. The van der Waals surface area contributed by atoms with E-state index in [1.165, 1.54) is 0 Å². The molecule has 0 unspecified atom stereocenters. The second kappa shape index (κ2) is 7.20. The number of carbonyl (C=O) groups excluding carboxylic acids is 1. The molecule has 6 heteroatoms. The van der Waals surface area contributed by atoms with Crippen molar-refractivity contribution in [2.45, 2.75) is 6.54 Å². The maximum Gasteiger partial charge on any atom is 0.251 e. The van der Waals surface area contributed by atoms with Gasteiger partial charge in [-0.3, -0.25) is 14.5 Å². The predicted molar refractivity (Wildman–Crippen MR) is 88.9 cm³/mol. The Balaban J connectivity index is 1.54. The fourth-order valence-electron chi connectivity index (χ4n) is 2.25. The second-order valence-electron chi connectivity index (χ2n) is 5.14. The topological polar surface area (TPSA) is 83.6 Å². The molecule has 0 atom stereocenters. The van der Waals surface area contributed by atoms with Crippen LogP contribution in [0, 0.1) is 11.3 Å². The van der Waals surface area contributed by atoms with Crippen molar-refractivity contribution >= 4 is 5.91 Å². The summed E-state index contributed by atoms with van der Waals surface area (Å²) in [5.41, 5.74) is 2.94. The van der Waals surface area contributed by atoms with Crippen LogP contribution in [0.25, 0.3) is 11.3 Å². The van der Waals surface area contributed by atoms with Crippen molar-refractivity contribution in [1.82, 2.24) is 20.1 Å². The largest absolute Gasteiger partial charge is 0.350 e. The Hall–Kier alpha value is -3.46. The van der Waals surface area contributed by atoms with Crippen LogP contribution >= 0.6 is 0 Å².